The fraction of sp³-hybridized carbons (Fsp3) is 0.474. The van der Waals surface area contributed by atoms with Crippen molar-refractivity contribution >= 4 is 22.6 Å². The van der Waals surface area contributed by atoms with E-state index in [1.807, 2.05) is 6.92 Å². The summed E-state index contributed by atoms with van der Waals surface area (Å²) in [6.07, 6.45) is 4.27. The number of nitrogens with zero attached hydrogens (tertiary/aromatic N) is 2. The van der Waals surface area contributed by atoms with Crippen molar-refractivity contribution in [3.8, 4) is 0 Å². The van der Waals surface area contributed by atoms with Crippen molar-refractivity contribution in [2.24, 2.45) is 0 Å². The predicted octanol–water partition coefficient (Wildman–Crippen LogP) is 2.65. The van der Waals surface area contributed by atoms with Crippen LogP contribution in [0.3, 0.4) is 0 Å². The molecule has 1 aromatic heterocycles. The maximum atomic E-state index is 15.0. The third-order valence-corrected chi connectivity index (χ3v) is 5.62. The van der Waals surface area contributed by atoms with E-state index in [-0.39, 0.29) is 17.0 Å². The summed E-state index contributed by atoms with van der Waals surface area (Å²) < 4.78 is 16.8. The molecule has 0 bridgehead atoms. The number of piperidine rings is 1. The summed E-state index contributed by atoms with van der Waals surface area (Å²) in [7, 11) is 0. The van der Waals surface area contributed by atoms with E-state index in [1.165, 1.54) is 6.20 Å². The Morgan fingerprint density at radius 2 is 2.08 bits per heavy atom. The van der Waals surface area contributed by atoms with Crippen molar-refractivity contribution in [2.45, 2.75) is 51.3 Å². The van der Waals surface area contributed by atoms with Crippen molar-refractivity contribution in [3.05, 3.63) is 39.4 Å². The Morgan fingerprint density at radius 3 is 2.77 bits per heavy atom. The molecule has 3 heterocycles. The molecule has 6 nitrogen and oxygen atoms in total. The molecule has 0 radical (unpaired) electrons. The normalized spacial score (nSPS) is 22.7. The van der Waals surface area contributed by atoms with Gasteiger partial charge in [0.2, 0.25) is 5.43 Å². The first-order valence-electron chi connectivity index (χ1n) is 8.98. The van der Waals surface area contributed by atoms with Crippen LogP contribution in [0.5, 0.6) is 0 Å². The maximum Gasteiger partial charge on any atom is 0.341 e. The second-order valence-electron chi connectivity index (χ2n) is 7.22. The number of anilines is 1. The van der Waals surface area contributed by atoms with E-state index in [2.05, 4.69) is 0 Å². The first-order valence-corrected chi connectivity index (χ1v) is 8.98. The van der Waals surface area contributed by atoms with Crippen molar-refractivity contribution in [3.63, 3.8) is 0 Å². The molecule has 0 saturated carbocycles. The minimum Gasteiger partial charge on any atom is -0.477 e. The summed E-state index contributed by atoms with van der Waals surface area (Å²) >= 11 is 0. The van der Waals surface area contributed by atoms with Crippen LogP contribution in [0.4, 0.5) is 10.1 Å². The summed E-state index contributed by atoms with van der Waals surface area (Å²) in [5.41, 5.74) is 0.625. The number of benzene rings is 1. The smallest absolute Gasteiger partial charge is 0.341 e. The second-order valence-corrected chi connectivity index (χ2v) is 7.22. The fourth-order valence-corrected chi connectivity index (χ4v) is 4.27. The minimum atomic E-state index is -1.31. The number of aromatic nitrogens is 1. The molecular weight excluding hydrogens is 339 g/mol. The summed E-state index contributed by atoms with van der Waals surface area (Å²) in [6.45, 7) is 2.51. The van der Waals surface area contributed by atoms with Crippen LogP contribution in [-0.2, 0) is 6.42 Å². The zero-order chi connectivity index (χ0) is 18.6. The van der Waals surface area contributed by atoms with E-state index in [4.69, 9.17) is 0 Å². The van der Waals surface area contributed by atoms with Gasteiger partial charge in [-0.15, -0.1) is 0 Å². The molecule has 1 unspecified atom stereocenters. The largest absolute Gasteiger partial charge is 0.477 e. The Hall–Kier alpha value is -2.41. The number of rotatable bonds is 2. The Balaban J connectivity index is 2.06. The van der Waals surface area contributed by atoms with Crippen molar-refractivity contribution in [1.29, 1.82) is 0 Å². The van der Waals surface area contributed by atoms with Gasteiger partial charge in [0.25, 0.3) is 0 Å². The quantitative estimate of drug-likeness (QED) is 0.860. The number of carboxylic acids is 1. The summed E-state index contributed by atoms with van der Waals surface area (Å²) in [5.74, 6) is -1.88. The van der Waals surface area contributed by atoms with Crippen LogP contribution in [0.2, 0.25) is 0 Å². The fourth-order valence-electron chi connectivity index (χ4n) is 4.27. The number of carbonyl (C=O) groups is 1. The first kappa shape index (κ1) is 17.0. The highest BCUT2D eigenvalue weighted by atomic mass is 19.1. The van der Waals surface area contributed by atoms with E-state index >= 15 is 4.39 Å². The van der Waals surface area contributed by atoms with Gasteiger partial charge in [-0.1, -0.05) is 0 Å². The molecule has 0 amide bonds. The molecule has 2 aliphatic rings. The van der Waals surface area contributed by atoms with E-state index in [0.29, 0.717) is 42.6 Å². The standard InChI is InChI=1S/C19H21FN2O4/c1-10-5-6-11-16-12(18(24)13(19(25)26)9-22(10)16)8-14(20)17(11)21-7-3-2-4-15(21)23/h8-10,15,23H,2-7H2,1H3,(H,25,26)/t10-,15?/m0/s1. The van der Waals surface area contributed by atoms with Gasteiger partial charge in [0.15, 0.2) is 0 Å². The molecule has 1 saturated heterocycles. The van der Waals surface area contributed by atoms with Gasteiger partial charge < -0.3 is 19.7 Å². The number of aromatic carboxylic acids is 1. The molecule has 2 aromatic rings. The lowest BCUT2D eigenvalue weighted by Crippen LogP contribution is -2.41. The highest BCUT2D eigenvalue weighted by Crippen LogP contribution is 2.39. The third-order valence-electron chi connectivity index (χ3n) is 5.62. The monoisotopic (exact) mass is 360 g/mol. The van der Waals surface area contributed by atoms with Gasteiger partial charge in [0.05, 0.1) is 11.2 Å². The number of halogens is 1. The van der Waals surface area contributed by atoms with Gasteiger partial charge in [0.1, 0.15) is 17.6 Å². The minimum absolute atomic E-state index is 0.00768. The van der Waals surface area contributed by atoms with Gasteiger partial charge in [0, 0.05) is 29.7 Å². The van der Waals surface area contributed by atoms with Crippen LogP contribution in [-0.4, -0.2) is 33.5 Å². The molecule has 2 N–H and O–H groups in total. The Kier molecular flexibility index (Phi) is 3.99. The average Bonchev–Trinajstić information content (AvgIpc) is 2.60. The molecule has 138 valence electrons. The summed E-state index contributed by atoms with van der Waals surface area (Å²) in [6, 6.07) is 1.15. The molecule has 7 heteroatoms. The molecule has 4 rings (SSSR count). The molecule has 0 aliphatic carbocycles. The number of hydrogen-bond donors (Lipinski definition) is 2. The number of carboxylic acid groups (broad SMARTS) is 1. The molecule has 2 aliphatic heterocycles. The van der Waals surface area contributed by atoms with Crippen molar-refractivity contribution < 1.29 is 19.4 Å². The lowest BCUT2D eigenvalue weighted by Gasteiger charge is -2.37. The van der Waals surface area contributed by atoms with Gasteiger partial charge in [-0.25, -0.2) is 9.18 Å². The first-order chi connectivity index (χ1) is 12.4. The lowest BCUT2D eigenvalue weighted by molar-refractivity contribution is 0.0694. The van der Waals surface area contributed by atoms with Gasteiger partial charge in [-0.2, -0.15) is 0 Å². The number of aliphatic hydroxyl groups excluding tert-OH is 1. The summed E-state index contributed by atoms with van der Waals surface area (Å²) in [4.78, 5) is 25.7. The van der Waals surface area contributed by atoms with E-state index < -0.39 is 23.4 Å². The molecule has 0 spiro atoms. The van der Waals surface area contributed by atoms with Gasteiger partial charge in [-0.3, -0.25) is 4.79 Å². The molecule has 1 aromatic carbocycles. The van der Waals surface area contributed by atoms with Crippen LogP contribution in [0.15, 0.2) is 17.1 Å². The van der Waals surface area contributed by atoms with E-state index in [9.17, 15) is 19.8 Å². The predicted molar refractivity (Wildman–Crippen MR) is 95.4 cm³/mol. The average molecular weight is 360 g/mol. The number of pyridine rings is 1. The number of aliphatic hydroxyl groups is 1. The zero-order valence-corrected chi connectivity index (χ0v) is 14.5. The zero-order valence-electron chi connectivity index (χ0n) is 14.5. The van der Waals surface area contributed by atoms with Crippen molar-refractivity contribution in [2.75, 3.05) is 11.4 Å². The SMILES string of the molecule is C[C@H]1CCc2c(N3CCCCC3O)c(F)cc3c(=O)c(C(=O)O)cn1c23. The van der Waals surface area contributed by atoms with Crippen LogP contribution in [0, 0.1) is 5.82 Å². The topological polar surface area (TPSA) is 82.8 Å². The van der Waals surface area contributed by atoms with Crippen LogP contribution >= 0.6 is 0 Å². The summed E-state index contributed by atoms with van der Waals surface area (Å²) in [5, 5.41) is 19.8. The highest BCUT2D eigenvalue weighted by molar-refractivity contribution is 5.95. The second kappa shape index (κ2) is 6.09. The maximum absolute atomic E-state index is 15.0. The Bertz CT molecular complexity index is 968. The van der Waals surface area contributed by atoms with Crippen molar-refractivity contribution in [1.82, 2.24) is 4.57 Å². The lowest BCUT2D eigenvalue weighted by atomic mass is 9.93. The molecule has 1 fully saturated rings. The molecule has 2 atom stereocenters. The third kappa shape index (κ3) is 2.41. The van der Waals surface area contributed by atoms with E-state index in [1.54, 1.807) is 9.47 Å². The van der Waals surface area contributed by atoms with Crippen LogP contribution < -0.4 is 10.3 Å². The number of hydrogen-bond acceptors (Lipinski definition) is 4. The highest BCUT2D eigenvalue weighted by Gasteiger charge is 2.31. The number of aryl methyl sites for hydroxylation is 1. The Labute approximate surface area is 149 Å². The molecule has 26 heavy (non-hydrogen) atoms. The van der Waals surface area contributed by atoms with Gasteiger partial charge in [-0.05, 0) is 45.1 Å². The molecular formula is C19H21FN2O4. The van der Waals surface area contributed by atoms with Gasteiger partial charge >= 0.3 is 5.97 Å². The van der Waals surface area contributed by atoms with Crippen LogP contribution in [0.1, 0.15) is 54.6 Å². The van der Waals surface area contributed by atoms with Crippen LogP contribution in [0.25, 0.3) is 10.9 Å². The Morgan fingerprint density at radius 1 is 1.31 bits per heavy atom. The van der Waals surface area contributed by atoms with E-state index in [0.717, 1.165) is 18.9 Å².